The highest BCUT2D eigenvalue weighted by molar-refractivity contribution is 5.84. The second kappa shape index (κ2) is 6.37. The van der Waals surface area contributed by atoms with Gasteiger partial charge in [0.05, 0.1) is 0 Å². The average Bonchev–Trinajstić information content (AvgIpc) is 3.08. The largest absolute Gasteiger partial charge is 0.480 e. The minimum absolute atomic E-state index is 0.0280. The minimum atomic E-state index is -0.977. The van der Waals surface area contributed by atoms with Crippen LogP contribution in [0.4, 0.5) is 0 Å². The highest BCUT2D eigenvalue weighted by atomic mass is 16.4. The van der Waals surface area contributed by atoms with Gasteiger partial charge in [-0.05, 0) is 25.2 Å². The molecule has 1 unspecified atom stereocenters. The smallest absolute Gasteiger partial charge is 0.326 e. The second-order valence-electron chi connectivity index (χ2n) is 4.86. The topological polar surface area (TPSA) is 86.7 Å². The molecule has 1 rings (SSSR count). The number of nitrogens with zero attached hydrogens (tertiary/aromatic N) is 1. The SMILES string of the molecule is CN(C)C(=O)CCCC(=O)NC(C(=O)O)C1CC1. The highest BCUT2D eigenvalue weighted by Crippen LogP contribution is 2.32. The van der Waals surface area contributed by atoms with E-state index in [1.165, 1.54) is 4.90 Å². The van der Waals surface area contributed by atoms with Gasteiger partial charge in [-0.25, -0.2) is 4.79 Å². The van der Waals surface area contributed by atoms with Crippen molar-refractivity contribution in [3.63, 3.8) is 0 Å². The lowest BCUT2D eigenvalue weighted by molar-refractivity contribution is -0.142. The Hall–Kier alpha value is -1.59. The quantitative estimate of drug-likeness (QED) is 0.682. The third-order valence-electron chi connectivity index (χ3n) is 2.97. The van der Waals surface area contributed by atoms with Crippen molar-refractivity contribution in [1.82, 2.24) is 10.2 Å². The van der Waals surface area contributed by atoms with Crippen LogP contribution in [0.1, 0.15) is 32.1 Å². The second-order valence-corrected chi connectivity index (χ2v) is 4.86. The van der Waals surface area contributed by atoms with Gasteiger partial charge in [-0.3, -0.25) is 9.59 Å². The fraction of sp³-hybridized carbons (Fsp3) is 0.750. The Labute approximate surface area is 106 Å². The summed E-state index contributed by atoms with van der Waals surface area (Å²) in [6.07, 6.45) is 2.66. The normalized spacial score (nSPS) is 15.9. The van der Waals surface area contributed by atoms with E-state index in [0.717, 1.165) is 12.8 Å². The van der Waals surface area contributed by atoms with E-state index in [9.17, 15) is 14.4 Å². The van der Waals surface area contributed by atoms with Gasteiger partial charge in [0, 0.05) is 26.9 Å². The van der Waals surface area contributed by atoms with Crippen LogP contribution in [0.5, 0.6) is 0 Å². The summed E-state index contributed by atoms with van der Waals surface area (Å²) in [6.45, 7) is 0. The molecule has 0 heterocycles. The Balaban J connectivity index is 2.24. The zero-order chi connectivity index (χ0) is 13.7. The van der Waals surface area contributed by atoms with E-state index >= 15 is 0 Å². The van der Waals surface area contributed by atoms with Crippen LogP contribution >= 0.6 is 0 Å². The number of amides is 2. The number of carboxylic acid groups (broad SMARTS) is 1. The van der Waals surface area contributed by atoms with Gasteiger partial charge in [0.2, 0.25) is 11.8 Å². The summed E-state index contributed by atoms with van der Waals surface area (Å²) < 4.78 is 0. The maximum Gasteiger partial charge on any atom is 0.326 e. The van der Waals surface area contributed by atoms with Crippen molar-refractivity contribution < 1.29 is 19.5 Å². The molecular weight excluding hydrogens is 236 g/mol. The fourth-order valence-corrected chi connectivity index (χ4v) is 1.68. The van der Waals surface area contributed by atoms with Gasteiger partial charge < -0.3 is 15.3 Å². The molecule has 1 aliphatic carbocycles. The van der Waals surface area contributed by atoms with Crippen molar-refractivity contribution in [2.75, 3.05) is 14.1 Å². The first-order valence-electron chi connectivity index (χ1n) is 6.14. The first-order chi connectivity index (χ1) is 8.41. The van der Waals surface area contributed by atoms with E-state index < -0.39 is 12.0 Å². The summed E-state index contributed by atoms with van der Waals surface area (Å²) in [5.74, 6) is -1.22. The van der Waals surface area contributed by atoms with Crippen LogP contribution in [0.2, 0.25) is 0 Å². The molecule has 0 aromatic heterocycles. The van der Waals surface area contributed by atoms with Crippen molar-refractivity contribution >= 4 is 17.8 Å². The lowest BCUT2D eigenvalue weighted by atomic mass is 10.1. The van der Waals surface area contributed by atoms with Gasteiger partial charge in [-0.2, -0.15) is 0 Å². The van der Waals surface area contributed by atoms with Crippen LogP contribution in [0.25, 0.3) is 0 Å². The Bertz CT molecular complexity index is 337. The summed E-state index contributed by atoms with van der Waals surface area (Å²) in [7, 11) is 3.33. The van der Waals surface area contributed by atoms with Crippen LogP contribution in [-0.4, -0.2) is 47.9 Å². The molecule has 1 saturated carbocycles. The Morgan fingerprint density at radius 2 is 1.89 bits per heavy atom. The molecule has 0 saturated heterocycles. The minimum Gasteiger partial charge on any atom is -0.480 e. The molecule has 0 bridgehead atoms. The summed E-state index contributed by atoms with van der Waals surface area (Å²) >= 11 is 0. The van der Waals surface area contributed by atoms with Crippen LogP contribution in [0.3, 0.4) is 0 Å². The third kappa shape index (κ3) is 4.73. The van der Waals surface area contributed by atoms with Crippen molar-refractivity contribution in [1.29, 1.82) is 0 Å². The van der Waals surface area contributed by atoms with Crippen molar-refractivity contribution in [3.05, 3.63) is 0 Å². The molecule has 2 amide bonds. The van der Waals surface area contributed by atoms with E-state index in [1.807, 2.05) is 0 Å². The number of carboxylic acids is 1. The van der Waals surface area contributed by atoms with E-state index in [4.69, 9.17) is 5.11 Å². The molecule has 0 aromatic carbocycles. The maximum atomic E-state index is 11.5. The predicted molar refractivity (Wildman–Crippen MR) is 64.8 cm³/mol. The molecule has 2 N–H and O–H groups in total. The summed E-state index contributed by atoms with van der Waals surface area (Å²) in [5.41, 5.74) is 0. The standard InChI is InChI=1S/C12H20N2O4/c1-14(2)10(16)5-3-4-9(15)13-11(12(17)18)8-6-7-8/h8,11H,3-7H2,1-2H3,(H,13,15)(H,17,18). The molecule has 0 aromatic rings. The highest BCUT2D eigenvalue weighted by Gasteiger charge is 2.37. The molecular formula is C12H20N2O4. The molecule has 1 aliphatic rings. The summed E-state index contributed by atoms with van der Waals surface area (Å²) in [6, 6.07) is -0.762. The van der Waals surface area contributed by atoms with E-state index in [2.05, 4.69) is 5.32 Å². The number of carbonyl (C=O) groups excluding carboxylic acids is 2. The Morgan fingerprint density at radius 3 is 2.33 bits per heavy atom. The van der Waals surface area contributed by atoms with Gasteiger partial charge in [-0.15, -0.1) is 0 Å². The number of aliphatic carboxylic acids is 1. The van der Waals surface area contributed by atoms with Crippen LogP contribution in [0.15, 0.2) is 0 Å². The fourth-order valence-electron chi connectivity index (χ4n) is 1.68. The first kappa shape index (κ1) is 14.5. The molecule has 6 nitrogen and oxygen atoms in total. The molecule has 0 spiro atoms. The van der Waals surface area contributed by atoms with Gasteiger partial charge in [0.1, 0.15) is 6.04 Å². The Kier molecular flexibility index (Phi) is 5.12. The predicted octanol–water partition coefficient (Wildman–Crippen LogP) is 0.224. The maximum absolute atomic E-state index is 11.5. The van der Waals surface area contributed by atoms with E-state index in [-0.39, 0.29) is 24.2 Å². The average molecular weight is 256 g/mol. The van der Waals surface area contributed by atoms with Gasteiger partial charge in [0.15, 0.2) is 0 Å². The first-order valence-corrected chi connectivity index (χ1v) is 6.14. The number of hydrogen-bond acceptors (Lipinski definition) is 3. The third-order valence-corrected chi connectivity index (χ3v) is 2.97. The van der Waals surface area contributed by atoms with E-state index in [1.54, 1.807) is 14.1 Å². The number of rotatable bonds is 7. The number of nitrogens with one attached hydrogen (secondary N) is 1. The van der Waals surface area contributed by atoms with Crippen LogP contribution in [-0.2, 0) is 14.4 Å². The zero-order valence-corrected chi connectivity index (χ0v) is 10.8. The Morgan fingerprint density at radius 1 is 1.28 bits per heavy atom. The lowest BCUT2D eigenvalue weighted by Crippen LogP contribution is -2.42. The zero-order valence-electron chi connectivity index (χ0n) is 10.8. The van der Waals surface area contributed by atoms with Crippen molar-refractivity contribution in [2.45, 2.75) is 38.1 Å². The molecule has 102 valence electrons. The molecule has 6 heteroatoms. The van der Waals surface area contributed by atoms with Gasteiger partial charge in [-0.1, -0.05) is 0 Å². The lowest BCUT2D eigenvalue weighted by Gasteiger charge is -2.14. The van der Waals surface area contributed by atoms with Crippen molar-refractivity contribution in [2.24, 2.45) is 5.92 Å². The van der Waals surface area contributed by atoms with Crippen molar-refractivity contribution in [3.8, 4) is 0 Å². The van der Waals surface area contributed by atoms with E-state index in [0.29, 0.717) is 12.8 Å². The van der Waals surface area contributed by atoms with Crippen LogP contribution in [0, 0.1) is 5.92 Å². The summed E-state index contributed by atoms with van der Waals surface area (Å²) in [4.78, 5) is 35.2. The molecule has 1 atom stereocenters. The molecule has 1 fully saturated rings. The number of hydrogen-bond donors (Lipinski definition) is 2. The number of carbonyl (C=O) groups is 3. The molecule has 18 heavy (non-hydrogen) atoms. The monoisotopic (exact) mass is 256 g/mol. The molecule has 0 radical (unpaired) electrons. The van der Waals surface area contributed by atoms with Gasteiger partial charge in [0.25, 0.3) is 0 Å². The van der Waals surface area contributed by atoms with Crippen LogP contribution < -0.4 is 5.32 Å². The van der Waals surface area contributed by atoms with Gasteiger partial charge >= 0.3 is 5.97 Å². The molecule has 0 aliphatic heterocycles. The summed E-state index contributed by atoms with van der Waals surface area (Å²) in [5, 5.41) is 11.5.